The van der Waals surface area contributed by atoms with Crippen LogP contribution in [0, 0.1) is 0 Å². The molecule has 2 aromatic carbocycles. The Morgan fingerprint density at radius 2 is 0.875 bits per heavy atom. The number of hydrogen-bond acceptors (Lipinski definition) is 1. The van der Waals surface area contributed by atoms with Gasteiger partial charge in [-0.25, -0.2) is 0 Å². The van der Waals surface area contributed by atoms with E-state index < -0.39 is 8.32 Å². The van der Waals surface area contributed by atoms with Crippen LogP contribution in [0.3, 0.4) is 0 Å². The Morgan fingerprint density at radius 1 is 0.550 bits per heavy atom. The van der Waals surface area contributed by atoms with Crippen LogP contribution < -0.4 is 15.1 Å². The van der Waals surface area contributed by atoms with Crippen LogP contribution in [-0.4, -0.2) is 45.6 Å². The minimum Gasteiger partial charge on any atom is -1.00 e. The number of hydrogen-bond donors (Lipinski definition) is 0. The molecule has 230 valence electrons. The summed E-state index contributed by atoms with van der Waals surface area (Å²) < 4.78 is 8.17. The fraction of sp³-hybridized carbons (Fsp3) is 0.667. The van der Waals surface area contributed by atoms with Gasteiger partial charge in [0, 0.05) is 6.61 Å². The topological polar surface area (TPSA) is 9.23 Å². The van der Waals surface area contributed by atoms with Crippen molar-refractivity contribution in [2.45, 2.75) is 125 Å². The highest BCUT2D eigenvalue weighted by Crippen LogP contribution is 2.36. The molecule has 2 aromatic rings. The van der Waals surface area contributed by atoms with E-state index in [9.17, 15) is 0 Å². The molecule has 0 amide bonds. The minimum absolute atomic E-state index is 0. The largest absolute Gasteiger partial charge is 1.00 e. The van der Waals surface area contributed by atoms with Crippen LogP contribution in [0.5, 0.6) is 0 Å². The molecule has 0 saturated heterocycles. The summed E-state index contributed by atoms with van der Waals surface area (Å²) in [5, 5.41) is 2.82. The third kappa shape index (κ3) is 12.2. The molecule has 0 aromatic heterocycles. The van der Waals surface area contributed by atoms with E-state index in [-0.39, 0.29) is 9.74 Å². The highest BCUT2D eigenvalue weighted by atomic mass is 28.4. The lowest BCUT2D eigenvalue weighted by Gasteiger charge is -2.43. The van der Waals surface area contributed by atoms with Gasteiger partial charge in [0.25, 0.3) is 8.32 Å². The predicted octanol–water partition coefficient (Wildman–Crippen LogP) is 6.37. The van der Waals surface area contributed by atoms with E-state index in [4.69, 9.17) is 4.43 Å². The van der Waals surface area contributed by atoms with Gasteiger partial charge in [-0.15, -0.1) is 0 Å². The van der Waals surface area contributed by atoms with Crippen molar-refractivity contribution in [1.29, 1.82) is 0 Å². The molecular weight excluding hydrogens is 509 g/mol. The SMILES string of the molecule is CCCCO[Si](c1ccccc1)(c1ccccc1)C(C)(C)C.CCCC[N+](CCCC)(CCCC)CCCC.[F-]. The number of nitrogens with zero attached hydrogens (tertiary/aromatic N) is 1. The van der Waals surface area contributed by atoms with E-state index in [2.05, 4.69) is 116 Å². The van der Waals surface area contributed by atoms with Crippen LogP contribution in [0.4, 0.5) is 0 Å². The monoisotopic (exact) mass is 573 g/mol. The summed E-state index contributed by atoms with van der Waals surface area (Å²) >= 11 is 0. The summed E-state index contributed by atoms with van der Waals surface area (Å²) in [6.07, 6.45) is 13.3. The van der Waals surface area contributed by atoms with E-state index in [0.29, 0.717) is 0 Å². The molecule has 0 bridgehead atoms. The van der Waals surface area contributed by atoms with Gasteiger partial charge in [0.1, 0.15) is 0 Å². The summed E-state index contributed by atoms with van der Waals surface area (Å²) in [5.41, 5.74) is 0. The molecule has 0 aliphatic heterocycles. The summed E-state index contributed by atoms with van der Waals surface area (Å²) in [5.74, 6) is 0. The zero-order chi connectivity index (χ0) is 29.0. The Kier molecular flexibility index (Phi) is 20.5. The maximum Gasteiger partial charge on any atom is 0.261 e. The molecule has 2 nitrogen and oxygen atoms in total. The smallest absolute Gasteiger partial charge is 0.261 e. The molecule has 40 heavy (non-hydrogen) atoms. The van der Waals surface area contributed by atoms with Crippen LogP contribution in [0.2, 0.25) is 5.04 Å². The summed E-state index contributed by atoms with van der Waals surface area (Å²) in [6.45, 7) is 25.0. The van der Waals surface area contributed by atoms with Gasteiger partial charge in [-0.3, -0.25) is 0 Å². The first-order valence-electron chi connectivity index (χ1n) is 16.4. The molecule has 0 radical (unpaired) electrons. The third-order valence-corrected chi connectivity index (χ3v) is 13.2. The Labute approximate surface area is 250 Å². The average molecular weight is 574 g/mol. The molecule has 0 aliphatic carbocycles. The van der Waals surface area contributed by atoms with E-state index in [1.807, 2.05) is 0 Å². The van der Waals surface area contributed by atoms with Gasteiger partial charge in [-0.2, -0.15) is 0 Å². The van der Waals surface area contributed by atoms with E-state index in [1.54, 1.807) is 0 Å². The van der Waals surface area contributed by atoms with Gasteiger partial charge >= 0.3 is 0 Å². The maximum atomic E-state index is 6.75. The van der Waals surface area contributed by atoms with E-state index in [1.165, 1.54) is 92.4 Å². The minimum atomic E-state index is -2.29. The zero-order valence-corrected chi connectivity index (χ0v) is 28.6. The van der Waals surface area contributed by atoms with E-state index in [0.717, 1.165) is 19.4 Å². The summed E-state index contributed by atoms with van der Waals surface area (Å²) in [4.78, 5) is 0. The fourth-order valence-electron chi connectivity index (χ4n) is 5.78. The second-order valence-electron chi connectivity index (χ2n) is 12.5. The van der Waals surface area contributed by atoms with Crippen molar-refractivity contribution in [1.82, 2.24) is 0 Å². The zero-order valence-electron chi connectivity index (χ0n) is 27.6. The van der Waals surface area contributed by atoms with Crippen molar-refractivity contribution in [3.8, 4) is 0 Å². The highest BCUT2D eigenvalue weighted by Gasteiger charge is 2.49. The van der Waals surface area contributed by atoms with Crippen molar-refractivity contribution >= 4 is 18.7 Å². The van der Waals surface area contributed by atoms with Gasteiger partial charge in [0.2, 0.25) is 0 Å². The molecule has 0 heterocycles. The van der Waals surface area contributed by atoms with Crippen molar-refractivity contribution in [3.63, 3.8) is 0 Å². The molecule has 0 fully saturated rings. The lowest BCUT2D eigenvalue weighted by molar-refractivity contribution is -0.929. The first kappa shape index (κ1) is 38.5. The molecule has 0 atom stereocenters. The first-order chi connectivity index (χ1) is 18.8. The van der Waals surface area contributed by atoms with Gasteiger partial charge in [0.15, 0.2) is 0 Å². The van der Waals surface area contributed by atoms with Gasteiger partial charge in [0.05, 0.1) is 26.2 Å². The third-order valence-electron chi connectivity index (χ3n) is 8.18. The van der Waals surface area contributed by atoms with Crippen molar-refractivity contribution in [2.24, 2.45) is 0 Å². The Morgan fingerprint density at radius 3 is 1.15 bits per heavy atom. The Bertz CT molecular complexity index is 760. The number of benzene rings is 2. The van der Waals surface area contributed by atoms with Gasteiger partial charge < -0.3 is 13.6 Å². The predicted molar refractivity (Wildman–Crippen MR) is 178 cm³/mol. The molecule has 0 N–H and O–H groups in total. The first-order valence-corrected chi connectivity index (χ1v) is 18.3. The highest BCUT2D eigenvalue weighted by molar-refractivity contribution is 6.99. The van der Waals surface area contributed by atoms with Crippen LogP contribution >= 0.6 is 0 Å². The maximum absolute atomic E-state index is 6.75. The molecule has 0 unspecified atom stereocenters. The molecule has 0 aliphatic rings. The molecule has 0 saturated carbocycles. The standard InChI is InChI=1S/C20H28OSi.C16H36N.FH/c1-5-6-17-21-22(20(2,3)4,18-13-9-7-10-14-18)19-15-11-8-12-16-19;1-5-9-13-17(14-10-6-2,15-11-7-3)16-12-8-4;/h7-16H,5-6,17H2,1-4H3;5-16H2,1-4H3;1H/q;+1;/p-1. The second-order valence-corrected chi connectivity index (χ2v) is 16.8. The number of quaternary nitrogens is 1. The lowest BCUT2D eigenvalue weighted by atomic mass is 10.1. The fourth-order valence-corrected chi connectivity index (χ4v) is 10.4. The second kappa shape index (κ2) is 21.2. The molecule has 2 rings (SSSR count). The summed E-state index contributed by atoms with van der Waals surface area (Å²) in [6, 6.07) is 21.7. The number of rotatable bonds is 18. The van der Waals surface area contributed by atoms with Crippen LogP contribution in [0.15, 0.2) is 60.7 Å². The summed E-state index contributed by atoms with van der Waals surface area (Å²) in [7, 11) is -2.29. The normalized spacial score (nSPS) is 11.9. The van der Waals surface area contributed by atoms with Crippen molar-refractivity contribution < 1.29 is 13.6 Å². The van der Waals surface area contributed by atoms with Crippen molar-refractivity contribution in [3.05, 3.63) is 60.7 Å². The molecule has 0 spiro atoms. The van der Waals surface area contributed by atoms with Crippen LogP contribution in [0.25, 0.3) is 0 Å². The number of unbranched alkanes of at least 4 members (excludes halogenated alkanes) is 5. The van der Waals surface area contributed by atoms with Crippen molar-refractivity contribution in [2.75, 3.05) is 32.8 Å². The quantitative estimate of drug-likeness (QED) is 0.114. The average Bonchev–Trinajstić information content (AvgIpc) is 2.95. The molecule has 4 heteroatoms. The molecular formula is C36H64FNOSi. The van der Waals surface area contributed by atoms with Crippen LogP contribution in [0.1, 0.15) is 120 Å². The van der Waals surface area contributed by atoms with Gasteiger partial charge in [-0.05, 0) is 47.5 Å². The van der Waals surface area contributed by atoms with Crippen LogP contribution in [-0.2, 0) is 4.43 Å². The van der Waals surface area contributed by atoms with Gasteiger partial charge in [-0.1, -0.05) is 148 Å². The Hall–Kier alpha value is -1.49. The number of halogens is 1. The van der Waals surface area contributed by atoms with E-state index >= 15 is 0 Å². The lowest BCUT2D eigenvalue weighted by Crippen LogP contribution is -3.00. The Balaban J connectivity index is 0.000000770.